The topological polar surface area (TPSA) is 43.3 Å². The van der Waals surface area contributed by atoms with Crippen LogP contribution >= 0.6 is 0 Å². The van der Waals surface area contributed by atoms with E-state index in [9.17, 15) is 13.2 Å². The van der Waals surface area contributed by atoms with Gasteiger partial charge in [0, 0.05) is 12.6 Å². The smallest absolute Gasteiger partial charge is 0.383 e. The number of alkyl halides is 3. The third kappa shape index (κ3) is 2.56. The molecular formula is C15H12F3N3. The van der Waals surface area contributed by atoms with Gasteiger partial charge >= 0.3 is 6.18 Å². The Bertz CT molecular complexity index is 776. The van der Waals surface area contributed by atoms with Gasteiger partial charge in [0.2, 0.25) is 0 Å². The molecule has 3 rings (SSSR count). The number of halogens is 3. The van der Waals surface area contributed by atoms with Crippen LogP contribution in [0.5, 0.6) is 0 Å². The lowest BCUT2D eigenvalue weighted by Crippen LogP contribution is -2.05. The minimum Gasteiger partial charge on any atom is -0.383 e. The van der Waals surface area contributed by atoms with Crippen LogP contribution in [0.2, 0.25) is 0 Å². The number of rotatable bonds is 2. The number of nitrogen functional groups attached to an aromatic ring is 1. The molecule has 3 aromatic rings. The summed E-state index contributed by atoms with van der Waals surface area (Å²) in [6.07, 6.45) is -2.60. The van der Waals surface area contributed by atoms with Gasteiger partial charge in [-0.15, -0.1) is 0 Å². The van der Waals surface area contributed by atoms with Gasteiger partial charge in [-0.1, -0.05) is 30.3 Å². The summed E-state index contributed by atoms with van der Waals surface area (Å²) in [5.41, 5.74) is 7.01. The van der Waals surface area contributed by atoms with Crippen LogP contribution in [0.25, 0.3) is 5.65 Å². The molecule has 0 unspecified atom stereocenters. The van der Waals surface area contributed by atoms with Gasteiger partial charge in [0.15, 0.2) is 0 Å². The molecule has 0 aliphatic rings. The summed E-state index contributed by atoms with van der Waals surface area (Å²) in [6, 6.07) is 11.5. The largest absolute Gasteiger partial charge is 0.416 e. The summed E-state index contributed by atoms with van der Waals surface area (Å²) < 4.78 is 39.6. The van der Waals surface area contributed by atoms with Crippen LogP contribution < -0.4 is 5.73 Å². The number of hydrogen-bond acceptors (Lipinski definition) is 2. The van der Waals surface area contributed by atoms with Gasteiger partial charge in [0.25, 0.3) is 0 Å². The highest BCUT2D eigenvalue weighted by Gasteiger charge is 2.31. The second-order valence-corrected chi connectivity index (χ2v) is 4.75. The van der Waals surface area contributed by atoms with Crippen LogP contribution in [0.3, 0.4) is 0 Å². The molecule has 0 atom stereocenters. The van der Waals surface area contributed by atoms with E-state index in [4.69, 9.17) is 5.73 Å². The number of benzene rings is 1. The fourth-order valence-corrected chi connectivity index (χ4v) is 2.21. The first-order chi connectivity index (χ1) is 9.95. The second kappa shape index (κ2) is 4.80. The fraction of sp³-hybridized carbons (Fsp3) is 0.133. The van der Waals surface area contributed by atoms with Crippen molar-refractivity contribution in [3.8, 4) is 0 Å². The van der Waals surface area contributed by atoms with Gasteiger partial charge < -0.3 is 5.73 Å². The molecular weight excluding hydrogens is 279 g/mol. The molecule has 1 aromatic carbocycles. The molecule has 2 heterocycles. The van der Waals surface area contributed by atoms with Crippen LogP contribution in [0.1, 0.15) is 16.8 Å². The quantitative estimate of drug-likeness (QED) is 0.785. The van der Waals surface area contributed by atoms with Crippen molar-refractivity contribution in [3.05, 3.63) is 65.5 Å². The highest BCUT2D eigenvalue weighted by atomic mass is 19.4. The Morgan fingerprint density at radius 2 is 1.81 bits per heavy atom. The summed E-state index contributed by atoms with van der Waals surface area (Å²) in [6.45, 7) is 0. The van der Waals surface area contributed by atoms with Crippen molar-refractivity contribution < 1.29 is 13.2 Å². The van der Waals surface area contributed by atoms with Crippen molar-refractivity contribution in [3.63, 3.8) is 0 Å². The zero-order valence-electron chi connectivity index (χ0n) is 10.9. The minimum atomic E-state index is -4.39. The van der Waals surface area contributed by atoms with Gasteiger partial charge in [0.05, 0.1) is 11.3 Å². The highest BCUT2D eigenvalue weighted by Crippen LogP contribution is 2.30. The number of fused-ring (bicyclic) bond motifs is 1. The lowest BCUT2D eigenvalue weighted by atomic mass is 10.1. The summed E-state index contributed by atoms with van der Waals surface area (Å²) in [5.74, 6) is 0.363. The summed E-state index contributed by atoms with van der Waals surface area (Å²) >= 11 is 0. The molecule has 0 saturated carbocycles. The average molecular weight is 291 g/mol. The molecule has 0 saturated heterocycles. The molecule has 3 nitrogen and oxygen atoms in total. The molecule has 108 valence electrons. The van der Waals surface area contributed by atoms with Crippen molar-refractivity contribution >= 4 is 11.5 Å². The van der Waals surface area contributed by atoms with Crippen molar-refractivity contribution in [2.75, 3.05) is 5.73 Å². The Kier molecular flexibility index (Phi) is 3.08. The van der Waals surface area contributed by atoms with E-state index in [-0.39, 0.29) is 5.65 Å². The first-order valence-corrected chi connectivity index (χ1v) is 6.33. The maximum Gasteiger partial charge on any atom is 0.416 e. The molecule has 0 aliphatic carbocycles. The van der Waals surface area contributed by atoms with E-state index in [1.807, 2.05) is 30.3 Å². The maximum atomic E-state index is 12.7. The molecule has 2 N–H and O–H groups in total. The minimum absolute atomic E-state index is 0.202. The molecule has 0 spiro atoms. The highest BCUT2D eigenvalue weighted by molar-refractivity contribution is 5.55. The normalized spacial score (nSPS) is 12.0. The Morgan fingerprint density at radius 3 is 2.48 bits per heavy atom. The number of hydrogen-bond donors (Lipinski definition) is 1. The fourth-order valence-electron chi connectivity index (χ4n) is 2.21. The molecule has 0 aliphatic heterocycles. The predicted molar refractivity (Wildman–Crippen MR) is 73.9 cm³/mol. The molecule has 0 fully saturated rings. The number of imidazole rings is 1. The van der Waals surface area contributed by atoms with E-state index in [1.165, 1.54) is 10.6 Å². The van der Waals surface area contributed by atoms with E-state index in [0.717, 1.165) is 17.7 Å². The van der Waals surface area contributed by atoms with Crippen LogP contribution in [-0.4, -0.2) is 9.38 Å². The molecule has 21 heavy (non-hydrogen) atoms. The second-order valence-electron chi connectivity index (χ2n) is 4.75. The van der Waals surface area contributed by atoms with Gasteiger partial charge in [-0.3, -0.25) is 4.40 Å². The third-order valence-electron chi connectivity index (χ3n) is 3.28. The van der Waals surface area contributed by atoms with Crippen molar-refractivity contribution in [2.45, 2.75) is 12.6 Å². The average Bonchev–Trinajstić information content (AvgIpc) is 2.75. The first kappa shape index (κ1) is 13.5. The molecule has 2 aromatic heterocycles. The molecule has 6 heteroatoms. The van der Waals surface area contributed by atoms with Crippen molar-refractivity contribution in [1.82, 2.24) is 9.38 Å². The monoisotopic (exact) mass is 291 g/mol. The van der Waals surface area contributed by atoms with Crippen LogP contribution in [-0.2, 0) is 12.6 Å². The van der Waals surface area contributed by atoms with Gasteiger partial charge in [0.1, 0.15) is 11.5 Å². The Balaban J connectivity index is 2.03. The standard InChI is InChI=1S/C15H12F3N3/c16-15(17,18)11-6-7-21-13(9-11)20-12(14(21)19)8-10-4-2-1-3-5-10/h1-7,9H,8,19H2. The summed E-state index contributed by atoms with van der Waals surface area (Å²) in [5, 5.41) is 0. The Morgan fingerprint density at radius 1 is 1.10 bits per heavy atom. The lowest BCUT2D eigenvalue weighted by molar-refractivity contribution is -0.137. The zero-order chi connectivity index (χ0) is 15.0. The van der Waals surface area contributed by atoms with Gasteiger partial charge in [-0.05, 0) is 17.7 Å². The number of nitrogens with zero attached hydrogens (tertiary/aromatic N) is 2. The molecule has 0 radical (unpaired) electrons. The van der Waals surface area contributed by atoms with Gasteiger partial charge in [-0.25, -0.2) is 4.98 Å². The Hall–Kier alpha value is -2.50. The van der Waals surface area contributed by atoms with Crippen molar-refractivity contribution in [1.29, 1.82) is 0 Å². The predicted octanol–water partition coefficient (Wildman–Crippen LogP) is 3.53. The van der Waals surface area contributed by atoms with Crippen LogP contribution in [0.15, 0.2) is 48.7 Å². The lowest BCUT2D eigenvalue weighted by Gasteiger charge is -2.06. The molecule has 0 bridgehead atoms. The van der Waals surface area contributed by atoms with Crippen LogP contribution in [0.4, 0.5) is 19.0 Å². The van der Waals surface area contributed by atoms with E-state index in [1.54, 1.807) is 0 Å². The maximum absolute atomic E-state index is 12.7. The van der Waals surface area contributed by atoms with Gasteiger partial charge in [-0.2, -0.15) is 13.2 Å². The van der Waals surface area contributed by atoms with E-state index in [0.29, 0.717) is 17.9 Å². The van der Waals surface area contributed by atoms with E-state index < -0.39 is 11.7 Å². The summed E-state index contributed by atoms with van der Waals surface area (Å²) in [7, 11) is 0. The number of aromatic nitrogens is 2. The third-order valence-corrected chi connectivity index (χ3v) is 3.28. The Labute approximate surface area is 118 Å². The zero-order valence-corrected chi connectivity index (χ0v) is 10.9. The number of nitrogens with two attached hydrogens (primary N) is 1. The summed E-state index contributed by atoms with van der Waals surface area (Å²) in [4.78, 5) is 4.22. The van der Waals surface area contributed by atoms with Crippen LogP contribution in [0, 0.1) is 0 Å². The SMILES string of the molecule is Nc1c(Cc2ccccc2)nc2cc(C(F)(F)F)ccn12. The number of pyridine rings is 1. The van der Waals surface area contributed by atoms with E-state index >= 15 is 0 Å². The van der Waals surface area contributed by atoms with Crippen molar-refractivity contribution in [2.24, 2.45) is 0 Å². The molecule has 0 amide bonds. The van der Waals surface area contributed by atoms with E-state index in [2.05, 4.69) is 4.98 Å². The number of anilines is 1. The first-order valence-electron chi connectivity index (χ1n) is 6.33.